The van der Waals surface area contributed by atoms with Crippen LogP contribution in [0.1, 0.15) is 314 Å². The molecule has 4 aliphatic rings. The molecule has 688 valence electrons. The second kappa shape index (κ2) is 50.6. The Morgan fingerprint density at radius 2 is 0.769 bits per heavy atom. The van der Waals surface area contributed by atoms with E-state index in [9.17, 15) is 8.78 Å². The first-order chi connectivity index (χ1) is 60.8. The summed E-state index contributed by atoms with van der Waals surface area (Å²) in [5.74, 6) is 3.16. The molecule has 0 aliphatic carbocycles. The molecule has 130 heavy (non-hydrogen) atoms. The Bertz CT molecular complexity index is 5830. The van der Waals surface area contributed by atoms with Gasteiger partial charge in [-0.05, 0) is 337 Å². The second-order valence-electron chi connectivity index (χ2n) is 36.8. The number of hydrogen-bond acceptors (Lipinski definition) is 9. The van der Waals surface area contributed by atoms with Crippen molar-refractivity contribution >= 4 is 113 Å². The van der Waals surface area contributed by atoms with Crippen molar-refractivity contribution in [1.29, 1.82) is 5.26 Å². The van der Waals surface area contributed by atoms with E-state index in [1.807, 2.05) is 115 Å². The first-order valence-electron chi connectivity index (χ1n) is 45.5. The van der Waals surface area contributed by atoms with Crippen molar-refractivity contribution in [1.82, 2.24) is 24.6 Å². The lowest BCUT2D eigenvalue weighted by molar-refractivity contribution is 0.430. The molecule has 0 N–H and O–H groups in total. The number of halogens is 3. The molecule has 0 saturated carbocycles. The van der Waals surface area contributed by atoms with Crippen LogP contribution in [0.5, 0.6) is 0 Å². The highest BCUT2D eigenvalue weighted by atomic mass is 35.5. The summed E-state index contributed by atoms with van der Waals surface area (Å²) in [5, 5.41) is 16.6. The first-order valence-corrected chi connectivity index (χ1v) is 48.5. The lowest BCUT2D eigenvalue weighted by atomic mass is 9.96. The molecular weight excluding hydrogens is 1670 g/mol. The van der Waals surface area contributed by atoms with E-state index in [1.54, 1.807) is 30.4 Å². The summed E-state index contributed by atoms with van der Waals surface area (Å²) in [7, 11) is 0. The Morgan fingerprint density at radius 1 is 0.362 bits per heavy atom. The van der Waals surface area contributed by atoms with E-state index in [0.29, 0.717) is 59.2 Å². The lowest BCUT2D eigenvalue weighted by Gasteiger charge is -2.31. The maximum absolute atomic E-state index is 13.7. The van der Waals surface area contributed by atoms with Crippen LogP contribution in [0, 0.1) is 79.5 Å². The van der Waals surface area contributed by atoms with Gasteiger partial charge in [-0.1, -0.05) is 249 Å². The van der Waals surface area contributed by atoms with Gasteiger partial charge in [0.25, 0.3) is 0 Å². The predicted molar refractivity (Wildman–Crippen MR) is 575 cm³/mol. The Morgan fingerprint density at radius 3 is 1.29 bits per heavy atom. The number of benzene rings is 9. The van der Waals surface area contributed by atoms with Gasteiger partial charge >= 0.3 is 0 Å². The van der Waals surface area contributed by atoms with Crippen molar-refractivity contribution in [3.05, 3.63) is 381 Å². The summed E-state index contributed by atoms with van der Waals surface area (Å²) in [5.41, 5.74) is 33.9. The van der Waals surface area contributed by atoms with Crippen LogP contribution in [-0.2, 0) is 0 Å². The van der Waals surface area contributed by atoms with E-state index in [0.717, 1.165) is 55.8 Å². The Balaban J connectivity index is 0.000000223. The van der Waals surface area contributed by atoms with Crippen molar-refractivity contribution in [3.8, 4) is 6.07 Å². The monoisotopic (exact) mass is 1820 g/mol. The first kappa shape index (κ1) is 108. The zero-order valence-electron chi connectivity index (χ0n) is 82.6. The summed E-state index contributed by atoms with van der Waals surface area (Å²) >= 11 is 11.1. The number of hydrogen-bond donors (Lipinski definition) is 0. The second-order valence-corrected chi connectivity index (χ2v) is 40.0. The zero-order chi connectivity index (χ0) is 95.7. The van der Waals surface area contributed by atoms with Crippen LogP contribution in [0.4, 0.5) is 8.78 Å². The number of rotatable bonds is 10. The third-order valence-electron chi connectivity index (χ3n) is 23.1. The van der Waals surface area contributed by atoms with Crippen LogP contribution in [-0.4, -0.2) is 48.8 Å². The highest BCUT2D eigenvalue weighted by Gasteiger charge is 2.24. The predicted octanol–water partition coefficient (Wildman–Crippen LogP) is 36.5. The number of nitrogens with zero attached hydrogens (tertiary/aromatic N) is 6. The van der Waals surface area contributed by atoms with Gasteiger partial charge in [0.1, 0.15) is 11.6 Å². The smallest absolute Gasteiger partial charge is 0.147 e. The molecule has 4 aliphatic heterocycles. The SMILES string of the molecule is C.C=C1c2ccc(C)cc2C=CN1C(C)C.C=C1c2ccccc2C(F)=CN1C(C)C.C=C1c2ccccc2C=CN1C(C)C.C=C1c2scnc2C=CN1C(C)C.Cc1cc(C#N)ccc1C(C)C.Cc1cc(C)c(C(C)C)cc1F.Cc1cc(Cl)ccc1C(C)C.Cc1cc2ccsc2cc1C(C)C.Cc1cc2sccc2cc1C(C)C.Cc1ccc(C(C)C)c(C)c1. The van der Waals surface area contributed by atoms with Gasteiger partial charge in [-0.3, -0.25) is 0 Å². The van der Waals surface area contributed by atoms with Gasteiger partial charge in [-0.15, -0.1) is 34.0 Å². The topological polar surface area (TPSA) is 49.6 Å². The molecule has 0 radical (unpaired) electrons. The minimum atomic E-state index is -0.188. The van der Waals surface area contributed by atoms with E-state index in [1.165, 1.54) is 126 Å². The molecule has 0 atom stereocenters. The summed E-state index contributed by atoms with van der Waals surface area (Å²) < 4.78 is 29.7. The molecule has 3 aromatic heterocycles. The number of aromatic nitrogens is 1. The van der Waals surface area contributed by atoms with E-state index in [4.69, 9.17) is 16.9 Å². The van der Waals surface area contributed by atoms with E-state index in [-0.39, 0.29) is 25.1 Å². The highest BCUT2D eigenvalue weighted by molar-refractivity contribution is 7.17. The molecule has 7 heterocycles. The minimum Gasteiger partial charge on any atom is -0.345 e. The average Bonchev–Trinajstić information content (AvgIpc) is 1.14. The maximum Gasteiger partial charge on any atom is 0.147 e. The molecule has 0 unspecified atom stereocenters. The third-order valence-corrected chi connectivity index (χ3v) is 26.0. The van der Waals surface area contributed by atoms with Gasteiger partial charge in [0.2, 0.25) is 0 Å². The molecule has 0 spiro atoms. The van der Waals surface area contributed by atoms with Crippen molar-refractivity contribution in [3.63, 3.8) is 0 Å². The van der Waals surface area contributed by atoms with Crippen molar-refractivity contribution in [2.24, 2.45) is 0 Å². The maximum atomic E-state index is 13.7. The van der Waals surface area contributed by atoms with Crippen molar-refractivity contribution in [2.45, 2.75) is 268 Å². The molecule has 0 amide bonds. The molecule has 16 rings (SSSR count). The highest BCUT2D eigenvalue weighted by Crippen LogP contribution is 2.38. The molecule has 6 nitrogen and oxygen atoms in total. The summed E-state index contributed by atoms with van der Waals surface area (Å²) in [6.07, 6.45) is 14.1. The number of nitriles is 1. The molecule has 9 aromatic carbocycles. The van der Waals surface area contributed by atoms with Crippen LogP contribution >= 0.6 is 45.6 Å². The largest absolute Gasteiger partial charge is 0.345 e. The summed E-state index contributed by atoms with van der Waals surface area (Å²) in [4.78, 5) is 13.9. The van der Waals surface area contributed by atoms with Gasteiger partial charge in [-0.25, -0.2) is 13.8 Å². The van der Waals surface area contributed by atoms with Crippen LogP contribution < -0.4 is 0 Å². The minimum absolute atomic E-state index is 0. The number of thiophene rings is 2. The van der Waals surface area contributed by atoms with E-state index in [2.05, 4.69) is 370 Å². The van der Waals surface area contributed by atoms with Gasteiger partial charge in [0, 0.05) is 103 Å². The van der Waals surface area contributed by atoms with Crippen molar-refractivity contribution < 1.29 is 8.78 Å². The Labute approximate surface area is 800 Å². The molecule has 0 fully saturated rings. The molecule has 12 aromatic rings. The fourth-order valence-corrected chi connectivity index (χ4v) is 18.8. The van der Waals surface area contributed by atoms with E-state index >= 15 is 0 Å². The van der Waals surface area contributed by atoms with Crippen LogP contribution in [0.25, 0.3) is 67.0 Å². The average molecular weight is 1820 g/mol. The summed E-state index contributed by atoms with van der Waals surface area (Å²) in [6.45, 7) is 78.6. The number of aryl methyl sites for hydroxylation is 9. The molecular formula is C118H147ClF2N6S3. The van der Waals surface area contributed by atoms with Gasteiger partial charge in [0.15, 0.2) is 0 Å². The van der Waals surface area contributed by atoms with Gasteiger partial charge in [-0.2, -0.15) is 5.26 Å². The quantitative estimate of drug-likeness (QED) is 0.136. The molecule has 0 bridgehead atoms. The summed E-state index contributed by atoms with van der Waals surface area (Å²) in [6, 6.07) is 61.8. The van der Waals surface area contributed by atoms with Crippen LogP contribution in [0.2, 0.25) is 5.02 Å². The third kappa shape index (κ3) is 29.9. The number of fused-ring (bicyclic) bond motifs is 6. The molecule has 12 heteroatoms. The fourth-order valence-electron chi connectivity index (χ4n) is 16.1. The lowest BCUT2D eigenvalue weighted by Crippen LogP contribution is -2.26. The standard InChI is InChI=1S/C14H17N.C13H14FN.C13H15N.2C12H14S.C11H15F.C11H13N.C11H16.C10H13Cl.C10H12N2S.CH4/c1-10(2)15-8-7-13-9-11(3)5-6-14(13)12(15)4;1-9(2)15-8-13(14)12-7-5-4-6-11(12)10(15)3;1-10(2)14-9-8-12-6-4-5-7-13(12)11(14)3;1-8(2)11-7-10-4-5-13-12(10)6-9(11)3;1-8(2)11-7-12-10(4-5-13-12)6-9(11)3;1-7(2)10-6-11(12)9(4)5-8(10)3;1-8(2)11-5-4-10(7-12)6-9(11)3;1-8(2)11-6-5-9(3)7-10(11)4;1-7(2)10-5-4-9(11)6-8(10)3;1-7(2)12-5-4-9-10(8(12)3)13-6-11-9;/h5-10H,4H2,1-3H3;4-9H,3H2,1-2H3;4-10H,3H2,1-2H3;2*4-8H,1-3H3;5-7H,1-4H3;4-6,8H,1-3H3;5-8H,1-4H3;4-7H,1-3H3;4-7H,3H2,1-2H3;1H4. The van der Waals surface area contributed by atoms with Gasteiger partial charge in [0.05, 0.1) is 33.4 Å². The fraction of sp³-hybridized carbons (Fsp3) is 0.339. The Hall–Kier alpha value is -10.7. The van der Waals surface area contributed by atoms with Gasteiger partial charge < -0.3 is 19.6 Å². The molecule has 0 saturated heterocycles. The normalized spacial score (nSPS) is 12.6. The zero-order valence-corrected chi connectivity index (χ0v) is 85.8. The van der Waals surface area contributed by atoms with Crippen LogP contribution in [0.15, 0.2) is 237 Å². The van der Waals surface area contributed by atoms with E-state index < -0.39 is 0 Å². The van der Waals surface area contributed by atoms with Crippen molar-refractivity contribution in [2.75, 3.05) is 0 Å². The van der Waals surface area contributed by atoms with Crippen LogP contribution in [0.3, 0.4) is 0 Å². The number of thiazole rings is 1. The Kier molecular flexibility index (Phi) is 42.1.